The molecule has 0 aliphatic rings. The van der Waals surface area contributed by atoms with Gasteiger partial charge in [0.05, 0.1) is 11.1 Å². The number of anilines is 2. The monoisotopic (exact) mass is 291 g/mol. The molecule has 1 N–H and O–H groups in total. The maximum Gasteiger partial charge on any atom is 0.133 e. The van der Waals surface area contributed by atoms with E-state index in [1.165, 1.54) is 0 Å². The Bertz CT molecular complexity index is 485. The van der Waals surface area contributed by atoms with E-state index in [4.69, 9.17) is 4.74 Å². The van der Waals surface area contributed by atoms with Gasteiger partial charge in [-0.05, 0) is 53.2 Å². The molecule has 0 aromatic heterocycles. The normalized spacial score (nSPS) is 10.0. The average Bonchev–Trinajstić information content (AvgIpc) is 2.34. The molecule has 0 amide bonds. The lowest BCUT2D eigenvalue weighted by Gasteiger charge is -2.10. The molecule has 17 heavy (non-hydrogen) atoms. The summed E-state index contributed by atoms with van der Waals surface area (Å²) < 4.78 is 6.43. The molecule has 0 heterocycles. The number of hydrogen-bond donors (Lipinski definition) is 1. The van der Waals surface area contributed by atoms with E-state index in [0.717, 1.165) is 21.6 Å². The van der Waals surface area contributed by atoms with Crippen LogP contribution in [0, 0.1) is 0 Å². The first-order chi connectivity index (χ1) is 8.29. The fourth-order valence-electron chi connectivity index (χ4n) is 1.54. The van der Waals surface area contributed by atoms with E-state index in [1.807, 2.05) is 55.5 Å². The summed E-state index contributed by atoms with van der Waals surface area (Å²) in [6.45, 7) is 2.65. The van der Waals surface area contributed by atoms with Gasteiger partial charge < -0.3 is 10.1 Å². The zero-order chi connectivity index (χ0) is 12.1. The Morgan fingerprint density at radius 3 is 2.47 bits per heavy atom. The molecule has 2 rings (SSSR count). The fourth-order valence-corrected chi connectivity index (χ4v) is 2.03. The largest absolute Gasteiger partial charge is 0.493 e. The van der Waals surface area contributed by atoms with E-state index >= 15 is 0 Å². The minimum absolute atomic E-state index is 0.671. The van der Waals surface area contributed by atoms with Gasteiger partial charge in [0.2, 0.25) is 0 Å². The van der Waals surface area contributed by atoms with Gasteiger partial charge >= 0.3 is 0 Å². The van der Waals surface area contributed by atoms with Gasteiger partial charge in [-0.1, -0.05) is 18.2 Å². The minimum atomic E-state index is 0.671. The first-order valence-electron chi connectivity index (χ1n) is 5.54. The van der Waals surface area contributed by atoms with Crippen molar-refractivity contribution in [1.29, 1.82) is 0 Å². The van der Waals surface area contributed by atoms with Crippen molar-refractivity contribution < 1.29 is 4.74 Å². The first kappa shape index (κ1) is 12.0. The molecule has 0 saturated heterocycles. The SMILES string of the molecule is CCOc1ccc(Nc2ccccc2)cc1Br. The Balaban J connectivity index is 2.15. The average molecular weight is 292 g/mol. The van der Waals surface area contributed by atoms with Gasteiger partial charge in [-0.3, -0.25) is 0 Å². The molecule has 0 radical (unpaired) electrons. The second-order valence-electron chi connectivity index (χ2n) is 3.57. The van der Waals surface area contributed by atoms with Crippen LogP contribution in [0.1, 0.15) is 6.92 Å². The van der Waals surface area contributed by atoms with Crippen LogP contribution in [0.5, 0.6) is 5.75 Å². The van der Waals surface area contributed by atoms with Gasteiger partial charge in [-0.25, -0.2) is 0 Å². The molecule has 0 aliphatic heterocycles. The predicted octanol–water partition coefficient (Wildman–Crippen LogP) is 4.59. The van der Waals surface area contributed by atoms with E-state index < -0.39 is 0 Å². The van der Waals surface area contributed by atoms with Crippen LogP contribution in [0.2, 0.25) is 0 Å². The van der Waals surface area contributed by atoms with Gasteiger partial charge in [0, 0.05) is 11.4 Å². The topological polar surface area (TPSA) is 21.3 Å². The first-order valence-corrected chi connectivity index (χ1v) is 6.33. The zero-order valence-corrected chi connectivity index (χ0v) is 11.2. The summed E-state index contributed by atoms with van der Waals surface area (Å²) in [5.41, 5.74) is 2.11. The summed E-state index contributed by atoms with van der Waals surface area (Å²) in [6, 6.07) is 16.0. The molecule has 3 heteroatoms. The van der Waals surface area contributed by atoms with E-state index in [-0.39, 0.29) is 0 Å². The smallest absolute Gasteiger partial charge is 0.133 e. The molecule has 2 nitrogen and oxygen atoms in total. The van der Waals surface area contributed by atoms with Crippen molar-refractivity contribution in [3.8, 4) is 5.75 Å². The second kappa shape index (κ2) is 5.73. The van der Waals surface area contributed by atoms with Crippen molar-refractivity contribution in [3.05, 3.63) is 53.0 Å². The number of para-hydroxylation sites is 1. The van der Waals surface area contributed by atoms with Crippen LogP contribution in [0.15, 0.2) is 53.0 Å². The number of rotatable bonds is 4. The third kappa shape index (κ3) is 3.24. The van der Waals surface area contributed by atoms with Crippen molar-refractivity contribution in [2.45, 2.75) is 6.92 Å². The molecular weight excluding hydrogens is 278 g/mol. The minimum Gasteiger partial charge on any atom is -0.493 e. The van der Waals surface area contributed by atoms with E-state index in [9.17, 15) is 0 Å². The summed E-state index contributed by atoms with van der Waals surface area (Å²) in [6.07, 6.45) is 0. The zero-order valence-electron chi connectivity index (χ0n) is 9.61. The third-order valence-electron chi connectivity index (χ3n) is 2.29. The summed E-state index contributed by atoms with van der Waals surface area (Å²) in [4.78, 5) is 0. The highest BCUT2D eigenvalue weighted by molar-refractivity contribution is 9.10. The van der Waals surface area contributed by atoms with Gasteiger partial charge in [0.15, 0.2) is 0 Å². The molecule has 0 fully saturated rings. The Labute approximate surface area is 110 Å². The van der Waals surface area contributed by atoms with E-state index in [1.54, 1.807) is 0 Å². The molecule has 0 unspecified atom stereocenters. The lowest BCUT2D eigenvalue weighted by molar-refractivity contribution is 0.338. The molecule has 0 spiro atoms. The third-order valence-corrected chi connectivity index (χ3v) is 2.91. The maximum absolute atomic E-state index is 5.47. The quantitative estimate of drug-likeness (QED) is 0.889. The standard InChI is InChI=1S/C14H14BrNO/c1-2-17-14-9-8-12(10-13(14)15)16-11-6-4-3-5-7-11/h3-10,16H,2H2,1H3. The molecule has 0 saturated carbocycles. The number of halogens is 1. The lowest BCUT2D eigenvalue weighted by atomic mass is 10.2. The van der Waals surface area contributed by atoms with Gasteiger partial charge in [-0.15, -0.1) is 0 Å². The van der Waals surface area contributed by atoms with Crippen molar-refractivity contribution in [3.63, 3.8) is 0 Å². The molecule has 2 aromatic rings. The predicted molar refractivity (Wildman–Crippen MR) is 75.0 cm³/mol. The van der Waals surface area contributed by atoms with Gasteiger partial charge in [-0.2, -0.15) is 0 Å². The summed E-state index contributed by atoms with van der Waals surface area (Å²) in [5, 5.41) is 3.33. The fraction of sp³-hybridized carbons (Fsp3) is 0.143. The number of hydrogen-bond acceptors (Lipinski definition) is 2. The van der Waals surface area contributed by atoms with Crippen molar-refractivity contribution in [2.75, 3.05) is 11.9 Å². The highest BCUT2D eigenvalue weighted by atomic mass is 79.9. The number of ether oxygens (including phenoxy) is 1. The van der Waals surface area contributed by atoms with Crippen LogP contribution >= 0.6 is 15.9 Å². The summed E-state index contributed by atoms with van der Waals surface area (Å²) in [7, 11) is 0. The molecule has 2 aromatic carbocycles. The lowest BCUT2D eigenvalue weighted by Crippen LogP contribution is -1.94. The Morgan fingerprint density at radius 2 is 1.82 bits per heavy atom. The van der Waals surface area contributed by atoms with Crippen molar-refractivity contribution in [2.24, 2.45) is 0 Å². The summed E-state index contributed by atoms with van der Waals surface area (Å²) >= 11 is 3.50. The second-order valence-corrected chi connectivity index (χ2v) is 4.42. The van der Waals surface area contributed by atoms with Crippen molar-refractivity contribution in [1.82, 2.24) is 0 Å². The highest BCUT2D eigenvalue weighted by Gasteiger charge is 2.02. The molecule has 0 atom stereocenters. The van der Waals surface area contributed by atoms with Gasteiger partial charge in [0.1, 0.15) is 5.75 Å². The van der Waals surface area contributed by atoms with E-state index in [0.29, 0.717) is 6.61 Å². The van der Waals surface area contributed by atoms with Crippen LogP contribution in [0.4, 0.5) is 11.4 Å². The molecule has 0 bridgehead atoms. The molecule has 0 aliphatic carbocycles. The Morgan fingerprint density at radius 1 is 1.06 bits per heavy atom. The highest BCUT2D eigenvalue weighted by Crippen LogP contribution is 2.29. The number of benzene rings is 2. The Kier molecular flexibility index (Phi) is 4.04. The Hall–Kier alpha value is -1.48. The van der Waals surface area contributed by atoms with Crippen LogP contribution in [-0.4, -0.2) is 6.61 Å². The molecular formula is C14H14BrNO. The number of nitrogens with one attached hydrogen (secondary N) is 1. The maximum atomic E-state index is 5.47. The van der Waals surface area contributed by atoms with Crippen LogP contribution in [0.3, 0.4) is 0 Å². The van der Waals surface area contributed by atoms with Crippen LogP contribution in [0.25, 0.3) is 0 Å². The van der Waals surface area contributed by atoms with Crippen molar-refractivity contribution >= 4 is 27.3 Å². The molecule has 88 valence electrons. The summed E-state index contributed by atoms with van der Waals surface area (Å²) in [5.74, 6) is 0.867. The van der Waals surface area contributed by atoms with Crippen LogP contribution < -0.4 is 10.1 Å². The van der Waals surface area contributed by atoms with E-state index in [2.05, 4.69) is 21.2 Å². The van der Waals surface area contributed by atoms with Gasteiger partial charge in [0.25, 0.3) is 0 Å². The van der Waals surface area contributed by atoms with Crippen LogP contribution in [-0.2, 0) is 0 Å².